The van der Waals surface area contributed by atoms with Crippen LogP contribution < -0.4 is 0 Å². The van der Waals surface area contributed by atoms with E-state index in [1.807, 2.05) is 0 Å². The van der Waals surface area contributed by atoms with E-state index in [0.717, 1.165) is 18.7 Å². The SMILES string of the molecule is C=CC(=O)N(C)C(CCc1ccccc1)C(F)(F)F. The summed E-state index contributed by atoms with van der Waals surface area (Å²) in [5.74, 6) is -0.726. The molecule has 0 fully saturated rings. The minimum Gasteiger partial charge on any atom is -0.330 e. The van der Waals surface area contributed by atoms with E-state index in [1.54, 1.807) is 30.3 Å². The number of carbonyl (C=O) groups is 1. The Morgan fingerprint density at radius 3 is 2.42 bits per heavy atom. The highest BCUT2D eigenvalue weighted by Crippen LogP contribution is 2.27. The number of aryl methyl sites for hydroxylation is 1. The van der Waals surface area contributed by atoms with Gasteiger partial charge in [-0.1, -0.05) is 36.9 Å². The van der Waals surface area contributed by atoms with Gasteiger partial charge in [-0.15, -0.1) is 0 Å². The van der Waals surface area contributed by atoms with Gasteiger partial charge in [-0.05, 0) is 24.5 Å². The largest absolute Gasteiger partial charge is 0.408 e. The molecule has 0 N–H and O–H groups in total. The van der Waals surface area contributed by atoms with Gasteiger partial charge in [0.2, 0.25) is 5.91 Å². The van der Waals surface area contributed by atoms with Gasteiger partial charge in [0.25, 0.3) is 0 Å². The van der Waals surface area contributed by atoms with Crippen molar-refractivity contribution in [2.75, 3.05) is 7.05 Å². The van der Waals surface area contributed by atoms with E-state index in [1.165, 1.54) is 0 Å². The van der Waals surface area contributed by atoms with Gasteiger partial charge in [0.05, 0.1) is 0 Å². The molecule has 2 nitrogen and oxygen atoms in total. The number of nitrogens with zero attached hydrogens (tertiary/aromatic N) is 1. The molecule has 1 amide bonds. The molecular formula is C14H16F3NO. The van der Waals surface area contributed by atoms with Gasteiger partial charge in [-0.25, -0.2) is 0 Å². The fourth-order valence-corrected chi connectivity index (χ4v) is 1.82. The van der Waals surface area contributed by atoms with Crippen LogP contribution in [0.2, 0.25) is 0 Å². The van der Waals surface area contributed by atoms with Crippen LogP contribution in [0.25, 0.3) is 0 Å². The summed E-state index contributed by atoms with van der Waals surface area (Å²) in [6.45, 7) is 3.21. The molecule has 0 radical (unpaired) electrons. The summed E-state index contributed by atoms with van der Waals surface area (Å²) < 4.78 is 38.8. The Kier molecular flexibility index (Phi) is 5.15. The highest BCUT2D eigenvalue weighted by Gasteiger charge is 2.43. The predicted octanol–water partition coefficient (Wildman–Crippen LogP) is 3.19. The Balaban J connectivity index is 2.76. The third-order valence-electron chi connectivity index (χ3n) is 2.92. The number of likely N-dealkylation sites (N-methyl/N-ethyl adjacent to an activating group) is 1. The zero-order chi connectivity index (χ0) is 14.5. The van der Waals surface area contributed by atoms with Gasteiger partial charge in [0, 0.05) is 7.05 Å². The lowest BCUT2D eigenvalue weighted by Crippen LogP contribution is -2.46. The number of hydrogen-bond acceptors (Lipinski definition) is 1. The third-order valence-corrected chi connectivity index (χ3v) is 2.92. The van der Waals surface area contributed by atoms with E-state index >= 15 is 0 Å². The molecule has 0 saturated heterocycles. The van der Waals surface area contributed by atoms with Crippen LogP contribution in [-0.2, 0) is 11.2 Å². The molecule has 0 heterocycles. The third kappa shape index (κ3) is 4.43. The predicted molar refractivity (Wildman–Crippen MR) is 67.6 cm³/mol. The van der Waals surface area contributed by atoms with Crippen molar-refractivity contribution in [2.45, 2.75) is 25.1 Å². The molecule has 1 atom stereocenters. The first-order chi connectivity index (χ1) is 8.86. The van der Waals surface area contributed by atoms with Gasteiger partial charge in [-0.2, -0.15) is 13.2 Å². The van der Waals surface area contributed by atoms with E-state index in [9.17, 15) is 18.0 Å². The summed E-state index contributed by atoms with van der Waals surface area (Å²) in [7, 11) is 1.15. The Hall–Kier alpha value is -1.78. The fourth-order valence-electron chi connectivity index (χ4n) is 1.82. The molecular weight excluding hydrogens is 255 g/mol. The number of hydrogen-bond donors (Lipinski definition) is 0. The molecule has 0 aliphatic carbocycles. The van der Waals surface area contributed by atoms with Gasteiger partial charge in [0.1, 0.15) is 6.04 Å². The minimum absolute atomic E-state index is 0.163. The monoisotopic (exact) mass is 271 g/mol. The fraction of sp³-hybridized carbons (Fsp3) is 0.357. The molecule has 5 heteroatoms. The van der Waals surface area contributed by atoms with Crippen molar-refractivity contribution >= 4 is 5.91 Å². The van der Waals surface area contributed by atoms with Crippen LogP contribution in [0.5, 0.6) is 0 Å². The van der Waals surface area contributed by atoms with Gasteiger partial charge < -0.3 is 4.90 Å². The van der Waals surface area contributed by atoms with E-state index in [-0.39, 0.29) is 12.8 Å². The molecule has 0 saturated carbocycles. The molecule has 1 aromatic rings. The van der Waals surface area contributed by atoms with Crippen molar-refractivity contribution in [1.82, 2.24) is 4.90 Å². The molecule has 1 unspecified atom stereocenters. The van der Waals surface area contributed by atoms with Crippen molar-refractivity contribution in [3.8, 4) is 0 Å². The highest BCUT2D eigenvalue weighted by molar-refractivity contribution is 5.87. The molecule has 1 rings (SSSR count). The van der Waals surface area contributed by atoms with E-state index in [0.29, 0.717) is 4.90 Å². The summed E-state index contributed by atoms with van der Waals surface area (Å²) in [6, 6.07) is 7.09. The van der Waals surface area contributed by atoms with Crippen LogP contribution in [0.15, 0.2) is 43.0 Å². The number of alkyl halides is 3. The van der Waals surface area contributed by atoms with Crippen LogP contribution in [0.4, 0.5) is 13.2 Å². The Labute approximate surface area is 110 Å². The summed E-state index contributed by atoms with van der Waals surface area (Å²) in [6.07, 6.45) is -3.45. The summed E-state index contributed by atoms with van der Waals surface area (Å²) in [4.78, 5) is 12.0. The number of rotatable bonds is 5. The Morgan fingerprint density at radius 2 is 1.95 bits per heavy atom. The topological polar surface area (TPSA) is 20.3 Å². The van der Waals surface area contributed by atoms with Crippen molar-refractivity contribution in [2.24, 2.45) is 0 Å². The highest BCUT2D eigenvalue weighted by atomic mass is 19.4. The van der Waals surface area contributed by atoms with Crippen LogP contribution >= 0.6 is 0 Å². The van der Waals surface area contributed by atoms with Crippen LogP contribution in [0.1, 0.15) is 12.0 Å². The molecule has 104 valence electrons. The van der Waals surface area contributed by atoms with Gasteiger partial charge in [-0.3, -0.25) is 4.79 Å². The second-order valence-electron chi connectivity index (χ2n) is 4.23. The number of carbonyl (C=O) groups excluding carboxylic acids is 1. The lowest BCUT2D eigenvalue weighted by atomic mass is 10.0. The Bertz CT molecular complexity index is 428. The lowest BCUT2D eigenvalue weighted by Gasteiger charge is -2.29. The Morgan fingerprint density at radius 1 is 1.37 bits per heavy atom. The quantitative estimate of drug-likeness (QED) is 0.753. The molecule has 0 aliphatic heterocycles. The first-order valence-corrected chi connectivity index (χ1v) is 5.86. The number of benzene rings is 1. The maximum absolute atomic E-state index is 12.9. The van der Waals surface area contributed by atoms with Crippen LogP contribution in [-0.4, -0.2) is 30.1 Å². The van der Waals surface area contributed by atoms with Crippen molar-refractivity contribution in [3.05, 3.63) is 48.6 Å². The zero-order valence-corrected chi connectivity index (χ0v) is 10.7. The molecule has 0 bridgehead atoms. The maximum Gasteiger partial charge on any atom is 0.408 e. The zero-order valence-electron chi connectivity index (χ0n) is 10.7. The second kappa shape index (κ2) is 6.41. The number of halogens is 3. The minimum atomic E-state index is -4.44. The van der Waals surface area contributed by atoms with E-state index in [4.69, 9.17) is 0 Å². The molecule has 0 spiro atoms. The first-order valence-electron chi connectivity index (χ1n) is 5.86. The second-order valence-corrected chi connectivity index (χ2v) is 4.23. The van der Waals surface area contributed by atoms with Crippen LogP contribution in [0, 0.1) is 0 Å². The average Bonchev–Trinajstić information content (AvgIpc) is 2.37. The molecule has 0 aromatic heterocycles. The van der Waals surface area contributed by atoms with Crippen molar-refractivity contribution in [3.63, 3.8) is 0 Å². The smallest absolute Gasteiger partial charge is 0.330 e. The first kappa shape index (κ1) is 15.3. The normalized spacial score (nSPS) is 12.8. The van der Waals surface area contributed by atoms with Crippen molar-refractivity contribution in [1.29, 1.82) is 0 Å². The molecule has 1 aromatic carbocycles. The molecule has 0 aliphatic rings. The van der Waals surface area contributed by atoms with Gasteiger partial charge >= 0.3 is 6.18 Å². The average molecular weight is 271 g/mol. The lowest BCUT2D eigenvalue weighted by molar-refractivity contribution is -0.185. The summed E-state index contributed by atoms with van der Waals surface area (Å²) in [5, 5.41) is 0. The summed E-state index contributed by atoms with van der Waals surface area (Å²) >= 11 is 0. The standard InChI is InChI=1S/C14H16F3NO/c1-3-13(19)18(2)12(14(15,16)17)10-9-11-7-5-4-6-8-11/h3-8,12H,1,9-10H2,2H3. The van der Waals surface area contributed by atoms with Gasteiger partial charge in [0.15, 0.2) is 0 Å². The summed E-state index contributed by atoms with van der Waals surface area (Å²) in [5.41, 5.74) is 0.816. The number of amides is 1. The van der Waals surface area contributed by atoms with E-state index < -0.39 is 18.1 Å². The van der Waals surface area contributed by atoms with E-state index in [2.05, 4.69) is 6.58 Å². The van der Waals surface area contributed by atoms with Crippen molar-refractivity contribution < 1.29 is 18.0 Å². The van der Waals surface area contributed by atoms with Crippen LogP contribution in [0.3, 0.4) is 0 Å². The molecule has 19 heavy (non-hydrogen) atoms. The maximum atomic E-state index is 12.9.